The molecule has 13 heavy (non-hydrogen) atoms. The number of aromatic nitrogens is 2. The molecule has 1 aromatic heterocycles. The van der Waals surface area contributed by atoms with Crippen molar-refractivity contribution in [2.45, 2.75) is 11.9 Å². The van der Waals surface area contributed by atoms with Gasteiger partial charge in [0.1, 0.15) is 16.7 Å². The molecule has 0 saturated carbocycles. The summed E-state index contributed by atoms with van der Waals surface area (Å²) in [6.07, 6.45) is 0. The predicted molar refractivity (Wildman–Crippen MR) is 50.5 cm³/mol. The van der Waals surface area contributed by atoms with Crippen LogP contribution in [0.2, 0.25) is 0 Å². The van der Waals surface area contributed by atoms with Gasteiger partial charge < -0.3 is 5.11 Å². The molecule has 0 saturated heterocycles. The van der Waals surface area contributed by atoms with Crippen LogP contribution >= 0.6 is 11.8 Å². The van der Waals surface area contributed by atoms with E-state index in [9.17, 15) is 0 Å². The number of aryl methyl sites for hydroxylation is 2. The van der Waals surface area contributed by atoms with Crippen molar-refractivity contribution in [1.82, 2.24) is 9.78 Å². The Morgan fingerprint density at radius 2 is 2.38 bits per heavy atom. The van der Waals surface area contributed by atoms with Crippen LogP contribution in [0, 0.1) is 18.3 Å². The second-order valence-corrected chi connectivity index (χ2v) is 3.66. The monoisotopic (exact) mass is 197 g/mol. The average molecular weight is 197 g/mol. The SMILES string of the molecule is Cc1nn(C)c(SCCO)c1C#N. The molecule has 5 heteroatoms. The standard InChI is InChI=1S/C8H11N3OS/c1-6-7(5-9)8(11(2)10-6)13-4-3-12/h12H,3-4H2,1-2H3. The van der Waals surface area contributed by atoms with E-state index in [0.29, 0.717) is 11.3 Å². The molecule has 0 aromatic carbocycles. The summed E-state index contributed by atoms with van der Waals surface area (Å²) >= 11 is 1.45. The van der Waals surface area contributed by atoms with E-state index in [1.54, 1.807) is 11.7 Å². The molecule has 0 bridgehead atoms. The number of aliphatic hydroxyl groups is 1. The van der Waals surface area contributed by atoms with E-state index in [0.717, 1.165) is 10.7 Å². The summed E-state index contributed by atoms with van der Waals surface area (Å²) in [6, 6.07) is 2.11. The largest absolute Gasteiger partial charge is 0.396 e. The zero-order chi connectivity index (χ0) is 9.84. The predicted octanol–water partition coefficient (Wildman–Crippen LogP) is 0.685. The summed E-state index contributed by atoms with van der Waals surface area (Å²) in [6.45, 7) is 1.92. The molecule has 1 heterocycles. The molecule has 0 aliphatic heterocycles. The van der Waals surface area contributed by atoms with Crippen LogP contribution in [0.25, 0.3) is 0 Å². The van der Waals surface area contributed by atoms with Gasteiger partial charge in [0.15, 0.2) is 0 Å². The summed E-state index contributed by atoms with van der Waals surface area (Å²) in [5.41, 5.74) is 1.35. The van der Waals surface area contributed by atoms with Gasteiger partial charge in [-0.25, -0.2) is 0 Å². The van der Waals surface area contributed by atoms with Crippen molar-refractivity contribution in [2.24, 2.45) is 7.05 Å². The van der Waals surface area contributed by atoms with Gasteiger partial charge in [-0.15, -0.1) is 11.8 Å². The third-order valence-electron chi connectivity index (χ3n) is 1.61. The molecule has 0 aliphatic carbocycles. The molecule has 0 spiro atoms. The van der Waals surface area contributed by atoms with Gasteiger partial charge in [0.2, 0.25) is 0 Å². The van der Waals surface area contributed by atoms with E-state index < -0.39 is 0 Å². The van der Waals surface area contributed by atoms with Crippen molar-refractivity contribution >= 4 is 11.8 Å². The number of aliphatic hydroxyl groups excluding tert-OH is 1. The molecule has 1 N–H and O–H groups in total. The Balaban J connectivity index is 2.97. The Labute approximate surface area is 81.2 Å². The van der Waals surface area contributed by atoms with Crippen molar-refractivity contribution in [1.29, 1.82) is 5.26 Å². The lowest BCUT2D eigenvalue weighted by atomic mass is 10.3. The van der Waals surface area contributed by atoms with Gasteiger partial charge in [-0.1, -0.05) is 0 Å². The van der Waals surface area contributed by atoms with Gasteiger partial charge in [0.05, 0.1) is 12.3 Å². The van der Waals surface area contributed by atoms with Crippen molar-refractivity contribution in [3.63, 3.8) is 0 Å². The van der Waals surface area contributed by atoms with Gasteiger partial charge >= 0.3 is 0 Å². The fraction of sp³-hybridized carbons (Fsp3) is 0.500. The van der Waals surface area contributed by atoms with Crippen LogP contribution in [0.4, 0.5) is 0 Å². The Hall–Kier alpha value is -0.990. The lowest BCUT2D eigenvalue weighted by molar-refractivity contribution is 0.322. The third-order valence-corrected chi connectivity index (χ3v) is 2.74. The van der Waals surface area contributed by atoms with Gasteiger partial charge in [-0.2, -0.15) is 10.4 Å². The summed E-state index contributed by atoms with van der Waals surface area (Å²) < 4.78 is 1.67. The quantitative estimate of drug-likeness (QED) is 0.724. The van der Waals surface area contributed by atoms with E-state index >= 15 is 0 Å². The number of thioether (sulfide) groups is 1. The number of hydrogen-bond acceptors (Lipinski definition) is 4. The first kappa shape index (κ1) is 10.1. The maximum Gasteiger partial charge on any atom is 0.112 e. The van der Waals surface area contributed by atoms with Crippen molar-refractivity contribution in [3.8, 4) is 6.07 Å². The molecule has 0 amide bonds. The van der Waals surface area contributed by atoms with Crippen molar-refractivity contribution in [3.05, 3.63) is 11.3 Å². The van der Waals surface area contributed by atoms with Gasteiger partial charge in [0.25, 0.3) is 0 Å². The highest BCUT2D eigenvalue weighted by Gasteiger charge is 2.12. The summed E-state index contributed by atoms with van der Waals surface area (Å²) in [5, 5.41) is 22.4. The lowest BCUT2D eigenvalue weighted by Gasteiger charge is -1.99. The fourth-order valence-electron chi connectivity index (χ4n) is 1.07. The van der Waals surface area contributed by atoms with Crippen LogP contribution in [-0.4, -0.2) is 27.2 Å². The molecular formula is C8H11N3OS. The molecule has 0 unspecified atom stereocenters. The van der Waals surface area contributed by atoms with Crippen LogP contribution in [0.3, 0.4) is 0 Å². The Kier molecular flexibility index (Phi) is 3.34. The van der Waals surface area contributed by atoms with E-state index in [1.807, 2.05) is 6.92 Å². The van der Waals surface area contributed by atoms with E-state index in [2.05, 4.69) is 11.2 Å². The zero-order valence-electron chi connectivity index (χ0n) is 7.61. The minimum atomic E-state index is 0.111. The molecular weight excluding hydrogens is 186 g/mol. The van der Waals surface area contributed by atoms with E-state index in [-0.39, 0.29) is 6.61 Å². The summed E-state index contributed by atoms with van der Waals surface area (Å²) in [7, 11) is 1.80. The minimum Gasteiger partial charge on any atom is -0.396 e. The first-order valence-corrected chi connectivity index (χ1v) is 4.86. The van der Waals surface area contributed by atoms with Crippen molar-refractivity contribution < 1.29 is 5.11 Å². The van der Waals surface area contributed by atoms with Crippen LogP contribution in [0.15, 0.2) is 5.03 Å². The van der Waals surface area contributed by atoms with Gasteiger partial charge in [-0.05, 0) is 6.92 Å². The number of nitrogens with zero attached hydrogens (tertiary/aromatic N) is 3. The minimum absolute atomic E-state index is 0.111. The van der Waals surface area contributed by atoms with E-state index in [1.165, 1.54) is 11.8 Å². The Bertz CT molecular complexity index is 340. The first-order valence-electron chi connectivity index (χ1n) is 3.88. The topological polar surface area (TPSA) is 61.8 Å². The molecule has 0 aliphatic rings. The van der Waals surface area contributed by atoms with Gasteiger partial charge in [-0.3, -0.25) is 4.68 Å². The molecule has 4 nitrogen and oxygen atoms in total. The maximum atomic E-state index is 8.83. The van der Waals surface area contributed by atoms with E-state index in [4.69, 9.17) is 10.4 Å². The first-order chi connectivity index (χ1) is 6.20. The maximum absolute atomic E-state index is 8.83. The summed E-state index contributed by atoms with van der Waals surface area (Å²) in [5.74, 6) is 0.591. The second-order valence-electron chi connectivity index (χ2n) is 2.57. The highest BCUT2D eigenvalue weighted by molar-refractivity contribution is 7.99. The van der Waals surface area contributed by atoms with Crippen LogP contribution < -0.4 is 0 Å². The highest BCUT2D eigenvalue weighted by atomic mass is 32.2. The number of hydrogen-bond donors (Lipinski definition) is 1. The van der Waals surface area contributed by atoms with Gasteiger partial charge in [0, 0.05) is 12.8 Å². The van der Waals surface area contributed by atoms with Crippen LogP contribution in [0.1, 0.15) is 11.3 Å². The van der Waals surface area contributed by atoms with Crippen LogP contribution in [-0.2, 0) is 7.05 Å². The molecule has 1 aromatic rings. The Morgan fingerprint density at radius 3 is 2.92 bits per heavy atom. The Morgan fingerprint density at radius 1 is 1.69 bits per heavy atom. The normalized spacial score (nSPS) is 10.0. The number of rotatable bonds is 3. The number of nitriles is 1. The zero-order valence-corrected chi connectivity index (χ0v) is 8.43. The average Bonchev–Trinajstić information content (AvgIpc) is 2.37. The molecule has 1 rings (SSSR count). The molecule has 0 fully saturated rings. The molecule has 0 radical (unpaired) electrons. The molecule has 70 valence electrons. The lowest BCUT2D eigenvalue weighted by Crippen LogP contribution is -1.95. The van der Waals surface area contributed by atoms with Crippen LogP contribution in [0.5, 0.6) is 0 Å². The second kappa shape index (κ2) is 4.30. The fourth-order valence-corrected chi connectivity index (χ4v) is 1.92. The highest BCUT2D eigenvalue weighted by Crippen LogP contribution is 2.23. The smallest absolute Gasteiger partial charge is 0.112 e. The molecule has 0 atom stereocenters. The third kappa shape index (κ3) is 2.02. The van der Waals surface area contributed by atoms with Crippen molar-refractivity contribution in [2.75, 3.05) is 12.4 Å². The summed E-state index contributed by atoms with van der Waals surface area (Å²) in [4.78, 5) is 0.